The highest BCUT2D eigenvalue weighted by Crippen LogP contribution is 2.28. The number of para-hydroxylation sites is 1. The average Bonchev–Trinajstić information content (AvgIpc) is 3.12. The lowest BCUT2D eigenvalue weighted by Crippen LogP contribution is -2.15. The Labute approximate surface area is 131 Å². The van der Waals surface area contributed by atoms with Crippen molar-refractivity contribution in [1.29, 1.82) is 0 Å². The van der Waals surface area contributed by atoms with Crippen molar-refractivity contribution in [1.82, 2.24) is 4.98 Å². The zero-order valence-electron chi connectivity index (χ0n) is 11.5. The number of amides is 1. The average molecular weight is 314 g/mol. The quantitative estimate of drug-likeness (QED) is 0.777. The molecule has 0 aliphatic rings. The van der Waals surface area contributed by atoms with Crippen molar-refractivity contribution in [2.45, 2.75) is 13.3 Å². The van der Waals surface area contributed by atoms with Gasteiger partial charge in [0.05, 0.1) is 17.0 Å². The molecule has 0 bridgehead atoms. The van der Waals surface area contributed by atoms with E-state index < -0.39 is 0 Å². The largest absolute Gasteiger partial charge is 0.326 e. The van der Waals surface area contributed by atoms with Gasteiger partial charge in [-0.25, -0.2) is 4.98 Å². The van der Waals surface area contributed by atoms with Gasteiger partial charge in [-0.15, -0.1) is 22.7 Å². The molecule has 0 saturated carbocycles. The van der Waals surface area contributed by atoms with Crippen LogP contribution in [-0.4, -0.2) is 10.9 Å². The van der Waals surface area contributed by atoms with Crippen LogP contribution in [0.15, 0.2) is 47.2 Å². The lowest BCUT2D eigenvalue weighted by molar-refractivity contribution is -0.115. The number of benzene rings is 1. The Kier molecular flexibility index (Phi) is 4.13. The molecular formula is C16H14N2OS2. The van der Waals surface area contributed by atoms with Crippen molar-refractivity contribution >= 4 is 34.3 Å². The first-order valence-electron chi connectivity index (χ1n) is 6.56. The standard InChI is InChI=1S/C16H14N2OS2/c1-11-5-2-3-6-13(11)18-15(19)9-12-10-21-16(17-12)14-7-4-8-20-14/h2-8,10H,9H2,1H3,(H,18,19). The summed E-state index contributed by atoms with van der Waals surface area (Å²) < 4.78 is 0. The Morgan fingerprint density at radius 1 is 1.19 bits per heavy atom. The van der Waals surface area contributed by atoms with E-state index >= 15 is 0 Å². The van der Waals surface area contributed by atoms with E-state index in [2.05, 4.69) is 10.3 Å². The van der Waals surface area contributed by atoms with Crippen LogP contribution >= 0.6 is 22.7 Å². The Bertz CT molecular complexity index is 747. The van der Waals surface area contributed by atoms with Gasteiger partial charge < -0.3 is 5.32 Å². The maximum atomic E-state index is 12.1. The molecule has 3 aromatic rings. The number of hydrogen-bond acceptors (Lipinski definition) is 4. The molecule has 0 radical (unpaired) electrons. The maximum absolute atomic E-state index is 12.1. The highest BCUT2D eigenvalue weighted by Gasteiger charge is 2.10. The van der Waals surface area contributed by atoms with Gasteiger partial charge in [0.15, 0.2) is 0 Å². The van der Waals surface area contributed by atoms with Crippen LogP contribution in [0.4, 0.5) is 5.69 Å². The van der Waals surface area contributed by atoms with Gasteiger partial charge in [0.2, 0.25) is 5.91 Å². The highest BCUT2D eigenvalue weighted by molar-refractivity contribution is 7.20. The van der Waals surface area contributed by atoms with E-state index in [1.54, 1.807) is 22.7 Å². The second-order valence-corrected chi connectivity index (χ2v) is 6.47. The van der Waals surface area contributed by atoms with Gasteiger partial charge in [0.1, 0.15) is 5.01 Å². The van der Waals surface area contributed by atoms with Gasteiger partial charge in [-0.3, -0.25) is 4.79 Å². The minimum absolute atomic E-state index is 0.0349. The lowest BCUT2D eigenvalue weighted by atomic mass is 10.2. The molecule has 1 aromatic carbocycles. The van der Waals surface area contributed by atoms with E-state index in [4.69, 9.17) is 0 Å². The molecular weight excluding hydrogens is 300 g/mol. The van der Waals surface area contributed by atoms with Gasteiger partial charge in [-0.1, -0.05) is 24.3 Å². The van der Waals surface area contributed by atoms with E-state index in [-0.39, 0.29) is 5.91 Å². The van der Waals surface area contributed by atoms with Crippen molar-refractivity contribution in [3.63, 3.8) is 0 Å². The molecule has 21 heavy (non-hydrogen) atoms. The smallest absolute Gasteiger partial charge is 0.230 e. The minimum Gasteiger partial charge on any atom is -0.326 e. The third-order valence-electron chi connectivity index (χ3n) is 3.04. The van der Waals surface area contributed by atoms with Crippen molar-refractivity contribution in [3.05, 3.63) is 58.4 Å². The number of nitrogens with zero attached hydrogens (tertiary/aromatic N) is 1. The lowest BCUT2D eigenvalue weighted by Gasteiger charge is -2.06. The summed E-state index contributed by atoms with van der Waals surface area (Å²) in [6.07, 6.45) is 0.302. The molecule has 5 heteroatoms. The number of aromatic nitrogens is 1. The Balaban J connectivity index is 1.67. The Morgan fingerprint density at radius 2 is 2.05 bits per heavy atom. The fourth-order valence-corrected chi connectivity index (χ4v) is 3.61. The van der Waals surface area contributed by atoms with Crippen molar-refractivity contribution < 1.29 is 4.79 Å². The monoisotopic (exact) mass is 314 g/mol. The van der Waals surface area contributed by atoms with E-state index in [9.17, 15) is 4.79 Å². The number of thiophene rings is 1. The van der Waals surface area contributed by atoms with Crippen LogP contribution in [0.5, 0.6) is 0 Å². The molecule has 2 heterocycles. The molecule has 0 fully saturated rings. The second-order valence-electron chi connectivity index (χ2n) is 4.66. The SMILES string of the molecule is Cc1ccccc1NC(=O)Cc1csc(-c2cccs2)n1. The summed E-state index contributed by atoms with van der Waals surface area (Å²) in [5.41, 5.74) is 2.73. The zero-order valence-corrected chi connectivity index (χ0v) is 13.1. The van der Waals surface area contributed by atoms with Crippen molar-refractivity contribution in [3.8, 4) is 9.88 Å². The fourth-order valence-electron chi connectivity index (χ4n) is 1.97. The zero-order chi connectivity index (χ0) is 14.7. The molecule has 2 aromatic heterocycles. The molecule has 0 aliphatic carbocycles. The number of rotatable bonds is 4. The van der Waals surface area contributed by atoms with Gasteiger partial charge in [-0.2, -0.15) is 0 Å². The molecule has 0 aliphatic heterocycles. The molecule has 0 unspecified atom stereocenters. The van der Waals surface area contributed by atoms with E-state index in [1.807, 2.05) is 54.1 Å². The van der Waals surface area contributed by atoms with Crippen LogP contribution in [0.25, 0.3) is 9.88 Å². The summed E-state index contributed by atoms with van der Waals surface area (Å²) in [5, 5.41) is 7.89. The van der Waals surface area contributed by atoms with E-state index in [1.165, 1.54) is 0 Å². The van der Waals surface area contributed by atoms with Crippen molar-refractivity contribution in [2.75, 3.05) is 5.32 Å². The summed E-state index contributed by atoms with van der Waals surface area (Å²) in [5.74, 6) is -0.0349. The summed E-state index contributed by atoms with van der Waals surface area (Å²) in [6, 6.07) is 11.8. The van der Waals surface area contributed by atoms with Gasteiger partial charge in [0, 0.05) is 11.1 Å². The summed E-state index contributed by atoms with van der Waals surface area (Å²) in [4.78, 5) is 17.8. The molecule has 0 spiro atoms. The predicted molar refractivity (Wildman–Crippen MR) is 88.9 cm³/mol. The highest BCUT2D eigenvalue weighted by atomic mass is 32.1. The van der Waals surface area contributed by atoms with Crippen LogP contribution < -0.4 is 5.32 Å². The molecule has 106 valence electrons. The van der Waals surface area contributed by atoms with Crippen LogP contribution in [0, 0.1) is 6.92 Å². The number of anilines is 1. The van der Waals surface area contributed by atoms with Gasteiger partial charge in [0.25, 0.3) is 0 Å². The molecule has 0 saturated heterocycles. The first-order chi connectivity index (χ1) is 10.2. The predicted octanol–water partition coefficient (Wildman–Crippen LogP) is 4.36. The molecule has 3 rings (SSSR count). The first-order valence-corrected chi connectivity index (χ1v) is 8.32. The molecule has 3 nitrogen and oxygen atoms in total. The van der Waals surface area contributed by atoms with E-state index in [0.29, 0.717) is 6.42 Å². The summed E-state index contributed by atoms with van der Waals surface area (Å²) in [6.45, 7) is 1.98. The maximum Gasteiger partial charge on any atom is 0.230 e. The fraction of sp³-hybridized carbons (Fsp3) is 0.125. The normalized spacial score (nSPS) is 10.5. The minimum atomic E-state index is -0.0349. The van der Waals surface area contributed by atoms with Crippen LogP contribution in [0.2, 0.25) is 0 Å². The van der Waals surface area contributed by atoms with Crippen LogP contribution in [0.1, 0.15) is 11.3 Å². The van der Waals surface area contributed by atoms with Gasteiger partial charge >= 0.3 is 0 Å². The third-order valence-corrected chi connectivity index (χ3v) is 4.97. The topological polar surface area (TPSA) is 42.0 Å². The number of carbonyl (C=O) groups is 1. The van der Waals surface area contributed by atoms with E-state index in [0.717, 1.165) is 26.8 Å². The number of thiazole rings is 1. The third kappa shape index (κ3) is 3.37. The Hall–Kier alpha value is -1.98. The van der Waals surface area contributed by atoms with Crippen molar-refractivity contribution in [2.24, 2.45) is 0 Å². The van der Waals surface area contributed by atoms with Crippen LogP contribution in [-0.2, 0) is 11.2 Å². The number of carbonyl (C=O) groups excluding carboxylic acids is 1. The molecule has 1 amide bonds. The van der Waals surface area contributed by atoms with Crippen LogP contribution in [0.3, 0.4) is 0 Å². The number of nitrogens with one attached hydrogen (secondary N) is 1. The number of hydrogen-bond donors (Lipinski definition) is 1. The summed E-state index contributed by atoms with van der Waals surface area (Å²) >= 11 is 3.24. The summed E-state index contributed by atoms with van der Waals surface area (Å²) in [7, 11) is 0. The van der Waals surface area contributed by atoms with Gasteiger partial charge in [-0.05, 0) is 30.0 Å². The Morgan fingerprint density at radius 3 is 2.81 bits per heavy atom. The number of aryl methyl sites for hydroxylation is 1. The molecule has 1 N–H and O–H groups in total. The first kappa shape index (κ1) is 14.0. The molecule has 0 atom stereocenters. The second kappa shape index (κ2) is 6.20.